The lowest BCUT2D eigenvalue weighted by molar-refractivity contribution is 0.107. The molecule has 1 saturated carbocycles. The van der Waals surface area contributed by atoms with E-state index in [1.807, 2.05) is 0 Å². The van der Waals surface area contributed by atoms with E-state index in [1.54, 1.807) is 0 Å². The molecular formula is C9H19NO3S. The molecule has 1 fully saturated rings. The summed E-state index contributed by atoms with van der Waals surface area (Å²) in [6.45, 7) is 1.26. The quantitative estimate of drug-likeness (QED) is 0.649. The lowest BCUT2D eigenvalue weighted by Gasteiger charge is -2.24. The third-order valence-corrected chi connectivity index (χ3v) is 3.47. The van der Waals surface area contributed by atoms with E-state index in [0.717, 1.165) is 18.9 Å². The number of primary sulfonamides is 1. The van der Waals surface area contributed by atoms with Gasteiger partial charge in [0.1, 0.15) is 0 Å². The van der Waals surface area contributed by atoms with E-state index in [-0.39, 0.29) is 5.75 Å². The lowest BCUT2D eigenvalue weighted by atomic mass is 9.83. The van der Waals surface area contributed by atoms with E-state index >= 15 is 0 Å². The predicted molar refractivity (Wildman–Crippen MR) is 55.4 cm³/mol. The summed E-state index contributed by atoms with van der Waals surface area (Å²) in [5.74, 6) is 0.879. The van der Waals surface area contributed by atoms with Gasteiger partial charge in [-0.05, 0) is 18.8 Å². The maximum Gasteiger partial charge on any atom is 0.209 e. The molecule has 2 N–H and O–H groups in total. The molecule has 0 aromatic carbocycles. The zero-order valence-electron chi connectivity index (χ0n) is 8.44. The van der Waals surface area contributed by atoms with Crippen molar-refractivity contribution in [2.75, 3.05) is 19.0 Å². The van der Waals surface area contributed by atoms with Crippen molar-refractivity contribution in [2.24, 2.45) is 11.1 Å². The smallest absolute Gasteiger partial charge is 0.209 e. The average molecular weight is 221 g/mol. The first-order valence-corrected chi connectivity index (χ1v) is 6.88. The van der Waals surface area contributed by atoms with Crippen LogP contribution in [0.15, 0.2) is 0 Å². The summed E-state index contributed by atoms with van der Waals surface area (Å²) in [4.78, 5) is 0. The van der Waals surface area contributed by atoms with Gasteiger partial charge >= 0.3 is 0 Å². The third kappa shape index (κ3) is 5.57. The molecule has 0 unspecified atom stereocenters. The maximum atomic E-state index is 10.5. The average Bonchev–Trinajstić information content (AvgIpc) is 1.97. The highest BCUT2D eigenvalue weighted by atomic mass is 32.2. The number of ether oxygens (including phenoxy) is 1. The molecule has 0 heterocycles. The Morgan fingerprint density at radius 2 is 2.00 bits per heavy atom. The van der Waals surface area contributed by atoms with E-state index < -0.39 is 10.0 Å². The Kier molecular flexibility index (Phi) is 4.84. The van der Waals surface area contributed by atoms with Gasteiger partial charge in [-0.3, -0.25) is 0 Å². The van der Waals surface area contributed by atoms with Gasteiger partial charge in [0.2, 0.25) is 10.0 Å². The predicted octanol–water partition coefficient (Wildman–Crippen LogP) is 0.872. The Hall–Kier alpha value is -0.130. The Bertz CT molecular complexity index is 247. The standard InChI is InChI=1S/C9H19NO3S/c10-14(11,12)8-2-6-13-7-5-9-3-1-4-9/h9H,1-8H2,(H2,10,11,12). The molecule has 14 heavy (non-hydrogen) atoms. The first-order chi connectivity index (χ1) is 6.58. The number of hydrogen-bond acceptors (Lipinski definition) is 3. The molecule has 0 bridgehead atoms. The normalized spacial score (nSPS) is 18.1. The highest BCUT2D eigenvalue weighted by Gasteiger charge is 2.16. The van der Waals surface area contributed by atoms with Crippen molar-refractivity contribution in [3.8, 4) is 0 Å². The van der Waals surface area contributed by atoms with Gasteiger partial charge in [0.05, 0.1) is 5.75 Å². The second-order valence-corrected chi connectivity index (χ2v) is 5.65. The molecule has 0 spiro atoms. The van der Waals surface area contributed by atoms with Crippen molar-refractivity contribution >= 4 is 10.0 Å². The molecule has 0 amide bonds. The van der Waals surface area contributed by atoms with Crippen LogP contribution in [0.1, 0.15) is 32.1 Å². The molecular weight excluding hydrogens is 202 g/mol. The van der Waals surface area contributed by atoms with Crippen LogP contribution >= 0.6 is 0 Å². The molecule has 5 heteroatoms. The molecule has 1 aliphatic rings. The van der Waals surface area contributed by atoms with Gasteiger partial charge in [-0.25, -0.2) is 13.6 Å². The van der Waals surface area contributed by atoms with Gasteiger partial charge in [-0.2, -0.15) is 0 Å². The fraction of sp³-hybridized carbons (Fsp3) is 1.00. The van der Waals surface area contributed by atoms with Crippen molar-refractivity contribution in [1.29, 1.82) is 0 Å². The van der Waals surface area contributed by atoms with E-state index in [4.69, 9.17) is 9.88 Å². The van der Waals surface area contributed by atoms with E-state index in [2.05, 4.69) is 0 Å². The molecule has 84 valence electrons. The van der Waals surface area contributed by atoms with E-state index in [0.29, 0.717) is 13.0 Å². The number of rotatable bonds is 7. The Balaban J connectivity index is 1.84. The number of nitrogens with two attached hydrogens (primary N) is 1. The molecule has 0 atom stereocenters. The van der Waals surface area contributed by atoms with Gasteiger partial charge in [-0.1, -0.05) is 19.3 Å². The second-order valence-electron chi connectivity index (χ2n) is 3.92. The fourth-order valence-corrected chi connectivity index (χ4v) is 2.02. The van der Waals surface area contributed by atoms with Crippen molar-refractivity contribution in [3.63, 3.8) is 0 Å². The van der Waals surface area contributed by atoms with Crippen LogP contribution in [-0.4, -0.2) is 27.4 Å². The minimum absolute atomic E-state index is 0.0242. The topological polar surface area (TPSA) is 69.4 Å². The van der Waals surface area contributed by atoms with Crippen molar-refractivity contribution in [3.05, 3.63) is 0 Å². The van der Waals surface area contributed by atoms with E-state index in [1.165, 1.54) is 19.3 Å². The van der Waals surface area contributed by atoms with Gasteiger partial charge in [0.15, 0.2) is 0 Å². The van der Waals surface area contributed by atoms with Crippen molar-refractivity contribution in [2.45, 2.75) is 32.1 Å². The van der Waals surface area contributed by atoms with Crippen LogP contribution in [0, 0.1) is 5.92 Å². The van der Waals surface area contributed by atoms with Gasteiger partial charge in [-0.15, -0.1) is 0 Å². The summed E-state index contributed by atoms with van der Waals surface area (Å²) in [6, 6.07) is 0. The lowest BCUT2D eigenvalue weighted by Crippen LogP contribution is -2.18. The van der Waals surface area contributed by atoms with Crippen LogP contribution in [0.3, 0.4) is 0 Å². The highest BCUT2D eigenvalue weighted by molar-refractivity contribution is 7.89. The summed E-state index contributed by atoms with van der Waals surface area (Å²) in [6.07, 6.45) is 5.65. The van der Waals surface area contributed by atoms with Gasteiger partial charge in [0, 0.05) is 13.2 Å². The summed E-state index contributed by atoms with van der Waals surface area (Å²) < 4.78 is 26.4. The van der Waals surface area contributed by atoms with Gasteiger partial charge < -0.3 is 4.74 Å². The molecule has 0 saturated heterocycles. The Labute approximate surface area is 85.9 Å². The number of sulfonamides is 1. The van der Waals surface area contributed by atoms with Crippen LogP contribution < -0.4 is 5.14 Å². The molecule has 0 radical (unpaired) electrons. The Morgan fingerprint density at radius 1 is 1.29 bits per heavy atom. The minimum atomic E-state index is -3.30. The molecule has 0 aliphatic heterocycles. The second kappa shape index (κ2) is 5.68. The summed E-state index contributed by atoms with van der Waals surface area (Å²) in [7, 11) is -3.30. The van der Waals surface area contributed by atoms with Crippen LogP contribution in [0.2, 0.25) is 0 Å². The highest BCUT2D eigenvalue weighted by Crippen LogP contribution is 2.28. The fourth-order valence-electron chi connectivity index (χ4n) is 1.50. The first-order valence-electron chi connectivity index (χ1n) is 5.16. The summed E-state index contributed by atoms with van der Waals surface area (Å²) in [5.41, 5.74) is 0. The molecule has 0 aromatic rings. The largest absolute Gasteiger partial charge is 0.381 e. The zero-order chi connectivity index (χ0) is 10.4. The van der Waals surface area contributed by atoms with Crippen LogP contribution in [0.4, 0.5) is 0 Å². The third-order valence-electron chi connectivity index (χ3n) is 2.61. The monoisotopic (exact) mass is 221 g/mol. The molecule has 0 aromatic heterocycles. The minimum Gasteiger partial charge on any atom is -0.381 e. The van der Waals surface area contributed by atoms with Crippen molar-refractivity contribution < 1.29 is 13.2 Å². The SMILES string of the molecule is NS(=O)(=O)CCCOCCC1CCC1. The zero-order valence-corrected chi connectivity index (χ0v) is 9.26. The van der Waals surface area contributed by atoms with Gasteiger partial charge in [0.25, 0.3) is 0 Å². The van der Waals surface area contributed by atoms with Crippen LogP contribution in [0.25, 0.3) is 0 Å². The molecule has 1 aliphatic carbocycles. The van der Waals surface area contributed by atoms with E-state index in [9.17, 15) is 8.42 Å². The first kappa shape index (κ1) is 11.9. The van der Waals surface area contributed by atoms with Crippen molar-refractivity contribution in [1.82, 2.24) is 0 Å². The number of hydrogen-bond donors (Lipinski definition) is 1. The maximum absolute atomic E-state index is 10.5. The summed E-state index contributed by atoms with van der Waals surface area (Å²) in [5, 5.41) is 4.85. The summed E-state index contributed by atoms with van der Waals surface area (Å²) >= 11 is 0. The molecule has 1 rings (SSSR count). The van der Waals surface area contributed by atoms with Crippen LogP contribution in [-0.2, 0) is 14.8 Å². The van der Waals surface area contributed by atoms with Crippen LogP contribution in [0.5, 0.6) is 0 Å². The molecule has 4 nitrogen and oxygen atoms in total. The Morgan fingerprint density at radius 3 is 2.50 bits per heavy atom.